The maximum absolute atomic E-state index is 12.7. The zero-order valence-electron chi connectivity index (χ0n) is 18.2. The normalized spacial score (nSPS) is 19.9. The van der Waals surface area contributed by atoms with Crippen LogP contribution in [0.4, 0.5) is 10.6 Å². The summed E-state index contributed by atoms with van der Waals surface area (Å²) in [6.45, 7) is 11.2. The van der Waals surface area contributed by atoms with Gasteiger partial charge in [0.05, 0.1) is 29.5 Å². The van der Waals surface area contributed by atoms with E-state index in [1.54, 1.807) is 0 Å². The molecular formula is C23H29N5O2. The lowest BCUT2D eigenvalue weighted by molar-refractivity contribution is 0.00560. The molecule has 4 rings (SSSR count). The van der Waals surface area contributed by atoms with E-state index in [2.05, 4.69) is 23.8 Å². The van der Waals surface area contributed by atoms with E-state index in [0.29, 0.717) is 13.1 Å². The van der Waals surface area contributed by atoms with Gasteiger partial charge >= 0.3 is 6.09 Å². The van der Waals surface area contributed by atoms with Gasteiger partial charge in [-0.2, -0.15) is 5.10 Å². The van der Waals surface area contributed by atoms with Crippen LogP contribution >= 0.6 is 0 Å². The lowest BCUT2D eigenvalue weighted by atomic mass is 10.1. The van der Waals surface area contributed by atoms with Crippen LogP contribution in [0.2, 0.25) is 0 Å². The quantitative estimate of drug-likeness (QED) is 0.636. The van der Waals surface area contributed by atoms with E-state index in [-0.39, 0.29) is 18.2 Å². The number of hydrogen-bond donors (Lipinski definition) is 0. The molecule has 30 heavy (non-hydrogen) atoms. The summed E-state index contributed by atoms with van der Waals surface area (Å²) in [5.41, 5.74) is 2.42. The average Bonchev–Trinajstić information content (AvgIpc) is 3.10. The lowest BCUT2D eigenvalue weighted by Gasteiger charge is -2.44. The highest BCUT2D eigenvalue weighted by Crippen LogP contribution is 2.27. The second kappa shape index (κ2) is 7.63. The van der Waals surface area contributed by atoms with E-state index in [1.165, 1.54) is 0 Å². The number of carbonyl (C=O) groups excluding carboxylic acids is 1. The molecule has 1 fully saturated rings. The summed E-state index contributed by atoms with van der Waals surface area (Å²) in [5.74, 6) is 0.908. The van der Waals surface area contributed by atoms with Crippen molar-refractivity contribution in [3.8, 4) is 11.3 Å². The Hall–Kier alpha value is -3.09. The Kier molecular flexibility index (Phi) is 5.13. The van der Waals surface area contributed by atoms with Crippen LogP contribution < -0.4 is 4.90 Å². The third-order valence-electron chi connectivity index (χ3n) is 5.28. The Morgan fingerprint density at radius 1 is 1.07 bits per heavy atom. The molecule has 1 aliphatic heterocycles. The Balaban J connectivity index is 1.56. The smallest absolute Gasteiger partial charge is 0.410 e. The fourth-order valence-electron chi connectivity index (χ4n) is 4.07. The van der Waals surface area contributed by atoms with E-state index in [1.807, 2.05) is 79.0 Å². The number of pyridine rings is 2. The molecule has 1 saturated heterocycles. The fourth-order valence-corrected chi connectivity index (χ4v) is 4.07. The van der Waals surface area contributed by atoms with Gasteiger partial charge in [-0.05, 0) is 58.9 Å². The molecule has 158 valence electrons. The van der Waals surface area contributed by atoms with Crippen molar-refractivity contribution in [2.75, 3.05) is 18.0 Å². The van der Waals surface area contributed by atoms with Crippen molar-refractivity contribution in [1.82, 2.24) is 19.5 Å². The highest BCUT2D eigenvalue weighted by Gasteiger charge is 2.36. The third kappa shape index (κ3) is 3.97. The maximum Gasteiger partial charge on any atom is 0.410 e. The maximum atomic E-state index is 12.7. The summed E-state index contributed by atoms with van der Waals surface area (Å²) >= 11 is 0. The number of amides is 1. The van der Waals surface area contributed by atoms with Crippen LogP contribution in [0.25, 0.3) is 16.8 Å². The minimum absolute atomic E-state index is 0.0195. The van der Waals surface area contributed by atoms with Gasteiger partial charge in [0.25, 0.3) is 0 Å². The largest absolute Gasteiger partial charge is 0.444 e. The number of nitrogens with zero attached hydrogens (tertiary/aromatic N) is 5. The molecular weight excluding hydrogens is 378 g/mol. The van der Waals surface area contributed by atoms with Crippen molar-refractivity contribution in [3.05, 3.63) is 48.8 Å². The van der Waals surface area contributed by atoms with E-state index >= 15 is 0 Å². The Morgan fingerprint density at radius 2 is 1.80 bits per heavy atom. The molecule has 1 amide bonds. The van der Waals surface area contributed by atoms with Crippen LogP contribution in [-0.4, -0.2) is 56.4 Å². The summed E-state index contributed by atoms with van der Waals surface area (Å²) in [4.78, 5) is 21.7. The molecule has 2 atom stereocenters. The number of piperazine rings is 1. The second-order valence-corrected chi connectivity index (χ2v) is 8.96. The molecule has 0 saturated carbocycles. The summed E-state index contributed by atoms with van der Waals surface area (Å²) < 4.78 is 7.47. The van der Waals surface area contributed by atoms with E-state index in [4.69, 9.17) is 9.72 Å². The minimum atomic E-state index is -0.502. The highest BCUT2D eigenvalue weighted by atomic mass is 16.6. The Bertz CT molecular complexity index is 1040. The topological polar surface area (TPSA) is 63.0 Å². The van der Waals surface area contributed by atoms with Crippen molar-refractivity contribution in [1.29, 1.82) is 0 Å². The molecule has 7 heteroatoms. The predicted molar refractivity (Wildman–Crippen MR) is 118 cm³/mol. The van der Waals surface area contributed by atoms with Crippen LogP contribution in [0.3, 0.4) is 0 Å². The monoisotopic (exact) mass is 407 g/mol. The Labute approximate surface area is 177 Å². The van der Waals surface area contributed by atoms with E-state index < -0.39 is 5.60 Å². The van der Waals surface area contributed by atoms with Gasteiger partial charge in [0, 0.05) is 24.8 Å². The van der Waals surface area contributed by atoms with Crippen molar-refractivity contribution in [3.63, 3.8) is 0 Å². The van der Waals surface area contributed by atoms with Gasteiger partial charge in [0.1, 0.15) is 11.4 Å². The summed E-state index contributed by atoms with van der Waals surface area (Å²) in [7, 11) is 0. The summed E-state index contributed by atoms with van der Waals surface area (Å²) in [5, 5.41) is 4.42. The van der Waals surface area contributed by atoms with Crippen LogP contribution in [0.15, 0.2) is 48.8 Å². The number of ether oxygens (including phenoxy) is 1. The van der Waals surface area contributed by atoms with Gasteiger partial charge in [0.2, 0.25) is 0 Å². The molecule has 0 N–H and O–H groups in total. The van der Waals surface area contributed by atoms with Gasteiger partial charge in [-0.1, -0.05) is 12.1 Å². The number of rotatable bonds is 2. The van der Waals surface area contributed by atoms with Gasteiger partial charge in [-0.3, -0.25) is 4.90 Å². The zero-order valence-corrected chi connectivity index (χ0v) is 18.2. The van der Waals surface area contributed by atoms with Crippen molar-refractivity contribution >= 4 is 17.4 Å². The van der Waals surface area contributed by atoms with Crippen LogP contribution in [0.1, 0.15) is 34.6 Å². The zero-order chi connectivity index (χ0) is 21.5. The first-order chi connectivity index (χ1) is 14.2. The minimum Gasteiger partial charge on any atom is -0.444 e. The van der Waals surface area contributed by atoms with Crippen LogP contribution in [0.5, 0.6) is 0 Å². The lowest BCUT2D eigenvalue weighted by Crippen LogP contribution is -2.59. The Morgan fingerprint density at radius 3 is 2.50 bits per heavy atom. The number of hydrogen-bond acceptors (Lipinski definition) is 5. The molecule has 1 aliphatic rings. The second-order valence-electron chi connectivity index (χ2n) is 8.96. The molecule has 3 aromatic rings. The molecule has 4 heterocycles. The SMILES string of the molecule is C[C@@H]1CN(c2cccc(-c3cnn4ccccc34)n2)C[C@@H](C)N1C(=O)OC(C)(C)C. The molecule has 7 nitrogen and oxygen atoms in total. The van der Waals surface area contributed by atoms with Gasteiger partial charge in [0.15, 0.2) is 0 Å². The molecule has 0 unspecified atom stereocenters. The van der Waals surface area contributed by atoms with E-state index in [0.717, 1.165) is 22.6 Å². The number of aromatic nitrogens is 3. The standard InChI is InChI=1S/C23H29N5O2/c1-16-14-26(15-17(2)28(16)22(29)30-23(3,4)5)21-11-8-9-19(25-21)18-13-24-27-12-7-6-10-20(18)27/h6-13,16-17H,14-15H2,1-5H3/t16-,17-/m1/s1. The fraction of sp³-hybridized carbons (Fsp3) is 0.435. The molecule has 0 aliphatic carbocycles. The van der Waals surface area contributed by atoms with Gasteiger partial charge in [-0.25, -0.2) is 14.3 Å². The van der Waals surface area contributed by atoms with Gasteiger partial charge < -0.3 is 9.64 Å². The molecule has 0 radical (unpaired) electrons. The first-order valence-corrected chi connectivity index (χ1v) is 10.4. The van der Waals surface area contributed by atoms with Crippen LogP contribution in [-0.2, 0) is 4.74 Å². The van der Waals surface area contributed by atoms with Crippen molar-refractivity contribution < 1.29 is 9.53 Å². The summed E-state index contributed by atoms with van der Waals surface area (Å²) in [6, 6.07) is 12.1. The average molecular weight is 408 g/mol. The first-order valence-electron chi connectivity index (χ1n) is 10.4. The summed E-state index contributed by atoms with van der Waals surface area (Å²) in [6.07, 6.45) is 3.53. The predicted octanol–water partition coefficient (Wildman–Crippen LogP) is 4.23. The third-order valence-corrected chi connectivity index (χ3v) is 5.28. The molecule has 0 bridgehead atoms. The molecule has 0 spiro atoms. The number of fused-ring (bicyclic) bond motifs is 1. The van der Waals surface area contributed by atoms with E-state index in [9.17, 15) is 4.79 Å². The van der Waals surface area contributed by atoms with Crippen LogP contribution in [0, 0.1) is 0 Å². The first kappa shape index (κ1) is 20.2. The van der Waals surface area contributed by atoms with Crippen molar-refractivity contribution in [2.24, 2.45) is 0 Å². The number of anilines is 1. The van der Waals surface area contributed by atoms with Gasteiger partial charge in [-0.15, -0.1) is 0 Å². The highest BCUT2D eigenvalue weighted by molar-refractivity contribution is 5.78. The molecule has 0 aromatic carbocycles. The molecule has 3 aromatic heterocycles. The number of carbonyl (C=O) groups is 1. The van der Waals surface area contributed by atoms with Crippen molar-refractivity contribution in [2.45, 2.75) is 52.3 Å².